The summed E-state index contributed by atoms with van der Waals surface area (Å²) >= 11 is 0. The Morgan fingerprint density at radius 2 is 1.89 bits per heavy atom. The highest BCUT2D eigenvalue weighted by Crippen LogP contribution is 2.37. The summed E-state index contributed by atoms with van der Waals surface area (Å²) in [6.45, 7) is 5.15. The highest BCUT2D eigenvalue weighted by molar-refractivity contribution is 6.03. The predicted octanol–water partition coefficient (Wildman–Crippen LogP) is 4.98. The lowest BCUT2D eigenvalue weighted by Crippen LogP contribution is -2.39. The number of nitrogens with one attached hydrogen (secondary N) is 2. The largest absolute Gasteiger partial charge is 0.448 e. The lowest BCUT2D eigenvalue weighted by atomic mass is 9.88. The van der Waals surface area contributed by atoms with E-state index in [2.05, 4.69) is 58.3 Å². The Labute approximate surface area is 310 Å². The van der Waals surface area contributed by atoms with Gasteiger partial charge in [0.05, 0.1) is 41.1 Å². The summed E-state index contributed by atoms with van der Waals surface area (Å²) in [6, 6.07) is 14.9. The summed E-state index contributed by atoms with van der Waals surface area (Å²) in [4.78, 5) is 66.0. The van der Waals surface area contributed by atoms with Crippen molar-refractivity contribution in [3.63, 3.8) is 0 Å². The Hall–Kier alpha value is -6.55. The Morgan fingerprint density at radius 1 is 1.04 bits per heavy atom. The molecule has 6 heterocycles. The summed E-state index contributed by atoms with van der Waals surface area (Å²) < 4.78 is 9.30. The van der Waals surface area contributed by atoms with Crippen molar-refractivity contribution in [1.29, 1.82) is 0 Å². The van der Waals surface area contributed by atoms with Gasteiger partial charge in [-0.3, -0.25) is 33.8 Å². The van der Waals surface area contributed by atoms with E-state index < -0.39 is 5.92 Å². The third-order valence-corrected chi connectivity index (χ3v) is 10.3. The fraction of sp³-hybridized carbons (Fsp3) is 0.293. The average Bonchev–Trinajstić information content (AvgIpc) is 3.70. The average molecular weight is 723 g/mol. The number of piperidine rings is 1. The molecule has 0 saturated carbocycles. The molecule has 0 spiro atoms. The van der Waals surface area contributed by atoms with Gasteiger partial charge in [0.25, 0.3) is 5.91 Å². The molecule has 0 radical (unpaired) electrons. The van der Waals surface area contributed by atoms with Gasteiger partial charge in [-0.05, 0) is 72.6 Å². The second-order valence-corrected chi connectivity index (χ2v) is 14.0. The molecule has 2 aliphatic heterocycles. The van der Waals surface area contributed by atoms with Crippen LogP contribution in [0.3, 0.4) is 0 Å². The minimum absolute atomic E-state index is 0.0505. The number of carbonyl (C=O) groups excluding carboxylic acids is 3. The van der Waals surface area contributed by atoms with Gasteiger partial charge in [-0.15, -0.1) is 0 Å². The number of fused-ring (bicyclic) bond motifs is 3. The molecule has 2 N–H and O–H groups in total. The van der Waals surface area contributed by atoms with Crippen molar-refractivity contribution in [3.05, 3.63) is 99.7 Å². The number of aromatic nitrogens is 5. The Morgan fingerprint density at radius 3 is 2.67 bits per heavy atom. The van der Waals surface area contributed by atoms with Crippen LogP contribution < -0.4 is 21.2 Å². The molecule has 4 aromatic heterocycles. The molecule has 1 atom stereocenters. The molecule has 3 amide bonds. The standard InChI is InChI=1S/C41H38N8O5/c1-23(2)29-18-25(19-33-37(29)48(4)41(53)47(33)3)49-17-7-10-31-34(49)22-44-38(45-31)24-12-14-32(43-21-24)40(52)42-16-6-8-26-20-30-27(9-5-11-35(30)54-26)28-13-15-36(50)46-39(28)51/h5,9,11-12,14,18-23,28H,7,10,13,15-17H2,1-4H3,(H,42,52)(H,46,50,51). The van der Waals surface area contributed by atoms with Crippen molar-refractivity contribution in [2.24, 2.45) is 14.1 Å². The van der Waals surface area contributed by atoms with Crippen LogP contribution in [0.4, 0.5) is 11.4 Å². The van der Waals surface area contributed by atoms with Crippen molar-refractivity contribution < 1.29 is 18.8 Å². The van der Waals surface area contributed by atoms with Crippen LogP contribution in [-0.4, -0.2) is 54.9 Å². The van der Waals surface area contributed by atoms with Gasteiger partial charge in [0.1, 0.15) is 11.3 Å². The fourth-order valence-corrected chi connectivity index (χ4v) is 7.47. The second kappa shape index (κ2) is 13.8. The number of furan rings is 1. The van der Waals surface area contributed by atoms with E-state index >= 15 is 0 Å². The third kappa shape index (κ3) is 6.19. The number of anilines is 2. The van der Waals surface area contributed by atoms with Gasteiger partial charge in [-0.2, -0.15) is 0 Å². The fourth-order valence-electron chi connectivity index (χ4n) is 7.47. The van der Waals surface area contributed by atoms with Crippen molar-refractivity contribution in [1.82, 2.24) is 34.7 Å². The van der Waals surface area contributed by atoms with Gasteiger partial charge in [-0.1, -0.05) is 31.9 Å². The van der Waals surface area contributed by atoms with Crippen molar-refractivity contribution in [2.75, 3.05) is 18.0 Å². The summed E-state index contributed by atoms with van der Waals surface area (Å²) in [6.07, 6.45) is 5.87. The van der Waals surface area contributed by atoms with Crippen molar-refractivity contribution in [2.45, 2.75) is 51.4 Å². The number of pyridine rings is 1. The van der Waals surface area contributed by atoms with E-state index in [9.17, 15) is 19.2 Å². The first-order valence-electron chi connectivity index (χ1n) is 18.0. The molecule has 8 rings (SSSR count). The van der Waals surface area contributed by atoms with Crippen molar-refractivity contribution in [3.8, 4) is 23.2 Å². The van der Waals surface area contributed by atoms with E-state index in [-0.39, 0.29) is 48.0 Å². The number of hydrogen-bond donors (Lipinski definition) is 2. The zero-order valence-electron chi connectivity index (χ0n) is 30.4. The van der Waals surface area contributed by atoms with Crippen LogP contribution in [0.25, 0.3) is 33.4 Å². The van der Waals surface area contributed by atoms with Gasteiger partial charge in [0.2, 0.25) is 11.8 Å². The first-order chi connectivity index (χ1) is 26.1. The van der Waals surface area contributed by atoms with E-state index in [0.717, 1.165) is 64.0 Å². The van der Waals surface area contributed by atoms with Crippen LogP contribution in [0.15, 0.2) is 70.1 Å². The summed E-state index contributed by atoms with van der Waals surface area (Å²) in [5.74, 6) is 5.61. The number of benzene rings is 2. The van der Waals surface area contributed by atoms with Crippen molar-refractivity contribution >= 4 is 51.1 Å². The molecule has 6 aromatic rings. The summed E-state index contributed by atoms with van der Waals surface area (Å²) in [5.41, 5.74) is 8.07. The van der Waals surface area contributed by atoms with Gasteiger partial charge < -0.3 is 14.6 Å². The lowest BCUT2D eigenvalue weighted by molar-refractivity contribution is -0.134. The number of carbonyl (C=O) groups is 3. The molecule has 13 nitrogen and oxygen atoms in total. The van der Waals surface area contributed by atoms with Crippen LogP contribution in [0.1, 0.15) is 78.0 Å². The van der Waals surface area contributed by atoms with Crippen LogP contribution in [0.2, 0.25) is 0 Å². The number of nitrogens with zero attached hydrogens (tertiary/aromatic N) is 6. The quantitative estimate of drug-likeness (QED) is 0.179. The number of imidazole rings is 1. The van der Waals surface area contributed by atoms with Gasteiger partial charge in [0.15, 0.2) is 11.6 Å². The normalized spacial score (nSPS) is 15.6. The molecular formula is C41H38N8O5. The maximum Gasteiger partial charge on any atom is 0.328 e. The second-order valence-electron chi connectivity index (χ2n) is 14.0. The minimum Gasteiger partial charge on any atom is -0.448 e. The van der Waals surface area contributed by atoms with Crippen LogP contribution in [0, 0.1) is 11.8 Å². The van der Waals surface area contributed by atoms with Crippen LogP contribution in [-0.2, 0) is 30.1 Å². The van der Waals surface area contributed by atoms with E-state index in [1.807, 2.05) is 32.4 Å². The molecule has 272 valence electrons. The lowest BCUT2D eigenvalue weighted by Gasteiger charge is -2.31. The summed E-state index contributed by atoms with van der Waals surface area (Å²) in [5, 5.41) is 5.94. The highest BCUT2D eigenvalue weighted by atomic mass is 16.3. The first-order valence-corrected chi connectivity index (χ1v) is 18.0. The molecule has 54 heavy (non-hydrogen) atoms. The molecule has 1 saturated heterocycles. The van der Waals surface area contributed by atoms with Crippen LogP contribution >= 0.6 is 0 Å². The maximum absolute atomic E-state index is 12.9. The number of hydrogen-bond acceptors (Lipinski definition) is 9. The zero-order valence-corrected chi connectivity index (χ0v) is 30.4. The molecule has 0 aliphatic carbocycles. The smallest absolute Gasteiger partial charge is 0.328 e. The molecule has 13 heteroatoms. The van der Waals surface area contributed by atoms with Crippen LogP contribution in [0.5, 0.6) is 0 Å². The SMILES string of the molecule is CC(C)c1cc(N2CCCc3nc(-c4ccc(C(=O)NCC#Cc5cc6c(C7CCC(=O)NC7=O)cccc6o5)nc4)ncc32)cc2c1n(C)c(=O)n2C. The number of imide groups is 1. The van der Waals surface area contributed by atoms with Gasteiger partial charge in [-0.25, -0.2) is 14.8 Å². The third-order valence-electron chi connectivity index (χ3n) is 10.3. The minimum atomic E-state index is -0.439. The molecule has 2 aromatic carbocycles. The van der Waals surface area contributed by atoms with E-state index in [1.165, 1.54) is 0 Å². The zero-order chi connectivity index (χ0) is 37.7. The highest BCUT2D eigenvalue weighted by Gasteiger charge is 2.30. The molecular weight excluding hydrogens is 685 g/mol. The monoisotopic (exact) mass is 722 g/mol. The number of amides is 3. The number of rotatable bonds is 6. The Kier molecular flexibility index (Phi) is 8.81. The topological polar surface area (TPSA) is 157 Å². The first kappa shape index (κ1) is 34.5. The summed E-state index contributed by atoms with van der Waals surface area (Å²) in [7, 11) is 3.63. The Bertz CT molecular complexity index is 2620. The Balaban J connectivity index is 0.947. The van der Waals surface area contributed by atoms with E-state index in [0.29, 0.717) is 29.2 Å². The number of aryl methyl sites for hydroxylation is 3. The van der Waals surface area contributed by atoms with E-state index in [4.69, 9.17) is 14.4 Å². The van der Waals surface area contributed by atoms with E-state index in [1.54, 1.807) is 39.6 Å². The predicted molar refractivity (Wildman–Crippen MR) is 203 cm³/mol. The molecule has 1 unspecified atom stereocenters. The van der Waals surface area contributed by atoms with Gasteiger partial charge in [0, 0.05) is 56.0 Å². The maximum atomic E-state index is 12.9. The molecule has 0 bridgehead atoms. The molecule has 1 fully saturated rings. The van der Waals surface area contributed by atoms with Gasteiger partial charge >= 0.3 is 5.69 Å². The molecule has 2 aliphatic rings.